The molecule has 0 amide bonds. The normalized spacial score (nSPS) is 17.3. The van der Waals surface area contributed by atoms with Gasteiger partial charge < -0.3 is 4.98 Å². The maximum Gasteiger partial charge on any atom is 0.461 e. The van der Waals surface area contributed by atoms with E-state index < -0.39 is 17.9 Å². The van der Waals surface area contributed by atoms with Crippen molar-refractivity contribution < 1.29 is 22.0 Å². The largest absolute Gasteiger partial charge is 0.461 e. The molecule has 0 saturated heterocycles. The van der Waals surface area contributed by atoms with Crippen molar-refractivity contribution in [2.24, 2.45) is 0 Å². The molecule has 0 saturated carbocycles. The molecule has 0 bridgehead atoms. The summed E-state index contributed by atoms with van der Waals surface area (Å²) >= 11 is 0. The number of alkyl halides is 5. The number of aromatic nitrogens is 2. The number of fused-ring (bicyclic) bond motifs is 1. The van der Waals surface area contributed by atoms with Crippen LogP contribution in [0, 0.1) is 0 Å². The molecule has 0 unspecified atom stereocenters. The molecule has 2 rings (SSSR count). The number of H-pyrrole nitrogens is 1. The Morgan fingerprint density at radius 1 is 1.00 bits per heavy atom. The third kappa shape index (κ3) is 1.68. The molecule has 0 fully saturated rings. The lowest BCUT2D eigenvalue weighted by Gasteiger charge is -2.16. The third-order valence-corrected chi connectivity index (χ3v) is 2.61. The minimum atomic E-state index is -5.60. The van der Waals surface area contributed by atoms with Gasteiger partial charge in [-0.3, -0.25) is 0 Å². The van der Waals surface area contributed by atoms with E-state index in [2.05, 4.69) is 9.97 Å². The van der Waals surface area contributed by atoms with Crippen LogP contribution in [0.2, 0.25) is 0 Å². The fraction of sp³-hybridized carbons (Fsp3) is 0.667. The predicted molar refractivity (Wildman–Crippen MR) is 45.2 cm³/mol. The zero-order valence-corrected chi connectivity index (χ0v) is 8.17. The average Bonchev–Trinajstić information content (AvgIpc) is 2.59. The summed E-state index contributed by atoms with van der Waals surface area (Å²) in [4.78, 5) is 5.46. The van der Waals surface area contributed by atoms with Crippen LogP contribution >= 0.6 is 0 Å². The maximum atomic E-state index is 12.9. The highest BCUT2D eigenvalue weighted by atomic mass is 19.4. The number of hydrogen-bond donors (Lipinski definition) is 1. The minimum Gasteiger partial charge on any atom is -0.340 e. The van der Waals surface area contributed by atoms with E-state index in [1.165, 1.54) is 0 Å². The van der Waals surface area contributed by atoms with Crippen molar-refractivity contribution in [3.63, 3.8) is 0 Å². The van der Waals surface area contributed by atoms with Crippen LogP contribution in [-0.4, -0.2) is 16.1 Å². The Kier molecular flexibility index (Phi) is 2.43. The molecule has 1 N–H and O–H groups in total. The number of imidazole rings is 1. The van der Waals surface area contributed by atoms with Crippen LogP contribution in [0.4, 0.5) is 22.0 Å². The Morgan fingerprint density at radius 2 is 1.62 bits per heavy atom. The van der Waals surface area contributed by atoms with Gasteiger partial charge in [0.05, 0.1) is 5.69 Å². The molecule has 7 heteroatoms. The summed E-state index contributed by atoms with van der Waals surface area (Å²) in [6.07, 6.45) is -3.11. The van der Waals surface area contributed by atoms with Crippen molar-refractivity contribution in [1.29, 1.82) is 0 Å². The van der Waals surface area contributed by atoms with Crippen LogP contribution in [0.1, 0.15) is 30.1 Å². The Labute approximate surface area is 87.9 Å². The molecule has 0 aliphatic heterocycles. The number of rotatable bonds is 1. The fourth-order valence-corrected chi connectivity index (χ4v) is 1.74. The summed E-state index contributed by atoms with van der Waals surface area (Å²) in [5, 5.41) is 0. The molecule has 0 radical (unpaired) electrons. The number of nitrogens with one attached hydrogen (secondary N) is 1. The van der Waals surface area contributed by atoms with Crippen molar-refractivity contribution in [1.82, 2.24) is 9.97 Å². The third-order valence-electron chi connectivity index (χ3n) is 2.61. The number of nitrogens with zero attached hydrogens (tertiary/aromatic N) is 1. The summed E-state index contributed by atoms with van der Waals surface area (Å²) in [6, 6.07) is 0. The second-order valence-electron chi connectivity index (χ2n) is 3.79. The molecule has 1 aliphatic carbocycles. The molecular weight excluding hydrogens is 231 g/mol. The standard InChI is InChI=1S/C9H9F5N2/c10-8(11,9(12,13)14)7-15-5-3-1-2-4-6(5)16-7/h1-4H2,(H,15,16). The van der Waals surface area contributed by atoms with Gasteiger partial charge in [-0.2, -0.15) is 22.0 Å². The van der Waals surface area contributed by atoms with E-state index in [0.29, 0.717) is 24.2 Å². The van der Waals surface area contributed by atoms with E-state index in [1.807, 2.05) is 0 Å². The summed E-state index contributed by atoms with van der Waals surface area (Å²) < 4.78 is 62.1. The highest BCUT2D eigenvalue weighted by Gasteiger charge is 2.61. The van der Waals surface area contributed by atoms with Crippen molar-refractivity contribution in [2.45, 2.75) is 37.8 Å². The Hall–Kier alpha value is -1.14. The zero-order valence-electron chi connectivity index (χ0n) is 8.17. The quantitative estimate of drug-likeness (QED) is 0.751. The van der Waals surface area contributed by atoms with Gasteiger partial charge in [0, 0.05) is 5.69 Å². The molecule has 90 valence electrons. The maximum absolute atomic E-state index is 12.9. The molecule has 1 aromatic heterocycles. The molecule has 16 heavy (non-hydrogen) atoms. The Balaban J connectivity index is 2.38. The van der Waals surface area contributed by atoms with Crippen LogP contribution in [0.5, 0.6) is 0 Å². The smallest absolute Gasteiger partial charge is 0.340 e. The van der Waals surface area contributed by atoms with Gasteiger partial charge in [0.2, 0.25) is 0 Å². The van der Waals surface area contributed by atoms with Crippen LogP contribution in [0.3, 0.4) is 0 Å². The van der Waals surface area contributed by atoms with Gasteiger partial charge in [-0.15, -0.1) is 0 Å². The molecular formula is C9H9F5N2. The summed E-state index contributed by atoms with van der Waals surface area (Å²) in [5.74, 6) is -6.18. The van der Waals surface area contributed by atoms with E-state index in [9.17, 15) is 22.0 Å². The summed E-state index contributed by atoms with van der Waals surface area (Å²) in [7, 11) is 0. The van der Waals surface area contributed by atoms with Gasteiger partial charge >= 0.3 is 12.1 Å². The van der Waals surface area contributed by atoms with E-state index in [1.54, 1.807) is 0 Å². The van der Waals surface area contributed by atoms with Crippen molar-refractivity contribution in [3.8, 4) is 0 Å². The second-order valence-corrected chi connectivity index (χ2v) is 3.79. The van der Waals surface area contributed by atoms with Gasteiger partial charge in [-0.25, -0.2) is 4.98 Å². The molecule has 2 nitrogen and oxygen atoms in total. The van der Waals surface area contributed by atoms with Gasteiger partial charge in [0.1, 0.15) is 0 Å². The lowest BCUT2D eigenvalue weighted by atomic mass is 10.0. The van der Waals surface area contributed by atoms with Gasteiger partial charge in [-0.1, -0.05) is 0 Å². The van der Waals surface area contributed by atoms with E-state index in [-0.39, 0.29) is 0 Å². The average molecular weight is 240 g/mol. The molecule has 0 spiro atoms. The first-order valence-electron chi connectivity index (χ1n) is 4.85. The second kappa shape index (κ2) is 3.43. The zero-order chi connectivity index (χ0) is 12.0. The van der Waals surface area contributed by atoms with Crippen LogP contribution in [0.15, 0.2) is 0 Å². The topological polar surface area (TPSA) is 28.7 Å². The number of halogens is 5. The number of aromatic amines is 1. The summed E-state index contributed by atoms with van der Waals surface area (Å²) in [5.41, 5.74) is 0.746. The minimum absolute atomic E-state index is 0.338. The molecule has 0 atom stereocenters. The van der Waals surface area contributed by atoms with E-state index >= 15 is 0 Å². The lowest BCUT2D eigenvalue weighted by molar-refractivity contribution is -0.292. The molecule has 1 aliphatic rings. The van der Waals surface area contributed by atoms with Gasteiger partial charge in [0.25, 0.3) is 0 Å². The molecule has 1 aromatic rings. The number of aryl methyl sites for hydroxylation is 2. The van der Waals surface area contributed by atoms with E-state index in [4.69, 9.17) is 0 Å². The van der Waals surface area contributed by atoms with Crippen molar-refractivity contribution >= 4 is 0 Å². The van der Waals surface area contributed by atoms with Crippen LogP contribution < -0.4 is 0 Å². The number of hydrogen-bond acceptors (Lipinski definition) is 1. The lowest BCUT2D eigenvalue weighted by Crippen LogP contribution is -2.34. The Bertz CT molecular complexity index is 370. The van der Waals surface area contributed by atoms with E-state index in [0.717, 1.165) is 12.8 Å². The van der Waals surface area contributed by atoms with Crippen molar-refractivity contribution in [2.75, 3.05) is 0 Å². The highest BCUT2D eigenvalue weighted by molar-refractivity contribution is 5.20. The van der Waals surface area contributed by atoms with Gasteiger partial charge in [-0.05, 0) is 25.7 Å². The molecule has 1 heterocycles. The monoisotopic (exact) mass is 240 g/mol. The SMILES string of the molecule is FC(F)(F)C(F)(F)c1nc2c([nH]1)CCCC2. The molecule has 0 aromatic carbocycles. The fourth-order valence-electron chi connectivity index (χ4n) is 1.74. The van der Waals surface area contributed by atoms with Crippen LogP contribution in [-0.2, 0) is 18.8 Å². The van der Waals surface area contributed by atoms with Crippen LogP contribution in [0.25, 0.3) is 0 Å². The first-order chi connectivity index (χ1) is 7.32. The first-order valence-corrected chi connectivity index (χ1v) is 4.85. The van der Waals surface area contributed by atoms with Crippen molar-refractivity contribution in [3.05, 3.63) is 17.2 Å². The first kappa shape index (κ1) is 11.3. The highest BCUT2D eigenvalue weighted by Crippen LogP contribution is 2.43. The van der Waals surface area contributed by atoms with Gasteiger partial charge in [0.15, 0.2) is 5.82 Å². The predicted octanol–water partition coefficient (Wildman–Crippen LogP) is 2.94. The summed E-state index contributed by atoms with van der Waals surface area (Å²) in [6.45, 7) is 0. The Morgan fingerprint density at radius 3 is 2.19 bits per heavy atom.